The largest absolute Gasteiger partial charge is 0.486 e. The van der Waals surface area contributed by atoms with Crippen molar-refractivity contribution in [2.24, 2.45) is 0 Å². The van der Waals surface area contributed by atoms with Gasteiger partial charge in [0.15, 0.2) is 23.4 Å². The summed E-state index contributed by atoms with van der Waals surface area (Å²) in [6.07, 6.45) is -0.518. The van der Waals surface area contributed by atoms with Crippen LogP contribution in [-0.2, 0) is 0 Å². The van der Waals surface area contributed by atoms with Crippen molar-refractivity contribution in [3.05, 3.63) is 59.7 Å². The lowest BCUT2D eigenvalue weighted by molar-refractivity contribution is 0.102. The molecular weight excluding hydrogens is 399 g/mol. The van der Waals surface area contributed by atoms with Gasteiger partial charge in [0.1, 0.15) is 24.8 Å². The fraction of sp³-hybridized carbons (Fsp3) is 0.250. The van der Waals surface area contributed by atoms with Crippen LogP contribution in [0.4, 0.5) is 4.39 Å². The molecule has 1 aliphatic rings. The Morgan fingerprint density at radius 1 is 1.14 bits per heavy atom. The van der Waals surface area contributed by atoms with Gasteiger partial charge in [-0.05, 0) is 49.4 Å². The number of halogens is 1. The Labute approximate surface area is 170 Å². The molecule has 29 heavy (non-hydrogen) atoms. The van der Waals surface area contributed by atoms with E-state index in [0.717, 1.165) is 11.8 Å². The monoisotopic (exact) mass is 416 g/mol. The number of carbonyl (C=O) groups is 1. The van der Waals surface area contributed by atoms with Gasteiger partial charge in [-0.15, -0.1) is 10.2 Å². The number of Topliss-reactive ketones (excluding diaryl/α,β-unsaturated/α-hetero) is 1. The normalized spacial score (nSPS) is 13.7. The number of rotatable bonds is 7. The molecule has 1 aromatic heterocycles. The summed E-state index contributed by atoms with van der Waals surface area (Å²) in [4.78, 5) is 12.5. The van der Waals surface area contributed by atoms with Crippen LogP contribution in [0, 0.1) is 5.82 Å². The molecule has 0 aliphatic carbocycles. The maximum Gasteiger partial charge on any atom is 0.277 e. The van der Waals surface area contributed by atoms with Crippen molar-refractivity contribution >= 4 is 17.5 Å². The Hall–Kier alpha value is -3.07. The molecule has 3 aromatic rings. The molecule has 0 fully saturated rings. The predicted molar refractivity (Wildman–Crippen MR) is 102 cm³/mol. The SMILES string of the molecule is C[C@H](Oc1ccc(F)cc1)c1nnc(SCC(=O)c2ccc3c(c2)OCCO3)o1. The van der Waals surface area contributed by atoms with E-state index in [4.69, 9.17) is 18.6 Å². The number of nitrogens with zero attached hydrogens (tertiary/aromatic N) is 2. The summed E-state index contributed by atoms with van der Waals surface area (Å²) in [6.45, 7) is 2.70. The Morgan fingerprint density at radius 3 is 2.69 bits per heavy atom. The second-order valence-electron chi connectivity index (χ2n) is 6.19. The second-order valence-corrected chi connectivity index (χ2v) is 7.12. The highest BCUT2D eigenvalue weighted by atomic mass is 32.2. The molecule has 150 valence electrons. The van der Waals surface area contributed by atoms with Crippen LogP contribution in [0.3, 0.4) is 0 Å². The minimum absolute atomic E-state index is 0.0951. The molecule has 0 bridgehead atoms. The maximum absolute atomic E-state index is 13.0. The van der Waals surface area contributed by atoms with E-state index in [9.17, 15) is 9.18 Å². The first-order chi connectivity index (χ1) is 14.1. The lowest BCUT2D eigenvalue weighted by Crippen LogP contribution is -2.16. The molecule has 1 aliphatic heterocycles. The zero-order valence-corrected chi connectivity index (χ0v) is 16.3. The molecule has 0 N–H and O–H groups in total. The van der Waals surface area contributed by atoms with Crippen LogP contribution in [0.5, 0.6) is 17.2 Å². The number of fused-ring (bicyclic) bond motifs is 1. The third-order valence-electron chi connectivity index (χ3n) is 4.09. The van der Waals surface area contributed by atoms with E-state index in [2.05, 4.69) is 10.2 Å². The highest BCUT2D eigenvalue weighted by Crippen LogP contribution is 2.31. The first-order valence-corrected chi connectivity index (χ1v) is 9.88. The fourth-order valence-corrected chi connectivity index (χ4v) is 3.30. The number of ether oxygens (including phenoxy) is 3. The summed E-state index contributed by atoms with van der Waals surface area (Å²) in [7, 11) is 0. The number of hydrogen-bond acceptors (Lipinski definition) is 8. The Kier molecular flexibility index (Phi) is 5.66. The van der Waals surface area contributed by atoms with Gasteiger partial charge in [0, 0.05) is 5.56 Å². The summed E-state index contributed by atoms with van der Waals surface area (Å²) in [5.41, 5.74) is 0.523. The number of carbonyl (C=O) groups excluding carboxylic acids is 1. The topological polar surface area (TPSA) is 83.7 Å². The van der Waals surface area contributed by atoms with Gasteiger partial charge in [-0.3, -0.25) is 4.79 Å². The van der Waals surface area contributed by atoms with Gasteiger partial charge in [0.2, 0.25) is 0 Å². The van der Waals surface area contributed by atoms with Gasteiger partial charge in [-0.25, -0.2) is 4.39 Å². The number of benzene rings is 2. The average Bonchev–Trinajstić information content (AvgIpc) is 3.22. The average molecular weight is 416 g/mol. The molecule has 2 aromatic carbocycles. The van der Waals surface area contributed by atoms with Crippen LogP contribution in [-0.4, -0.2) is 34.9 Å². The van der Waals surface area contributed by atoms with Gasteiger partial charge in [0.25, 0.3) is 11.1 Å². The van der Waals surface area contributed by atoms with Gasteiger partial charge in [0.05, 0.1) is 5.75 Å². The molecule has 2 heterocycles. The number of hydrogen-bond donors (Lipinski definition) is 0. The van der Waals surface area contributed by atoms with Crippen molar-refractivity contribution in [1.82, 2.24) is 10.2 Å². The predicted octanol–water partition coefficient (Wildman–Crippen LogP) is 4.09. The Bertz CT molecular complexity index is 1010. The number of aromatic nitrogens is 2. The van der Waals surface area contributed by atoms with E-state index in [1.54, 1.807) is 25.1 Å². The first kappa shape index (κ1) is 19.3. The zero-order valence-electron chi connectivity index (χ0n) is 15.5. The summed E-state index contributed by atoms with van der Waals surface area (Å²) in [6, 6.07) is 10.8. The summed E-state index contributed by atoms with van der Waals surface area (Å²) < 4.78 is 35.1. The second kappa shape index (κ2) is 8.52. The van der Waals surface area contributed by atoms with E-state index in [0.29, 0.717) is 36.0 Å². The van der Waals surface area contributed by atoms with Crippen LogP contribution in [0.25, 0.3) is 0 Å². The van der Waals surface area contributed by atoms with E-state index in [1.807, 2.05) is 0 Å². The van der Waals surface area contributed by atoms with E-state index < -0.39 is 6.10 Å². The summed E-state index contributed by atoms with van der Waals surface area (Å²) in [5, 5.41) is 8.16. The highest BCUT2D eigenvalue weighted by Gasteiger charge is 2.19. The molecule has 0 radical (unpaired) electrons. The minimum atomic E-state index is -0.518. The molecule has 0 unspecified atom stereocenters. The van der Waals surface area contributed by atoms with Gasteiger partial charge >= 0.3 is 0 Å². The van der Waals surface area contributed by atoms with E-state index in [-0.39, 0.29) is 28.5 Å². The fourth-order valence-electron chi connectivity index (χ4n) is 2.64. The molecule has 4 rings (SSSR count). The summed E-state index contributed by atoms with van der Waals surface area (Å²) >= 11 is 1.14. The smallest absolute Gasteiger partial charge is 0.277 e. The molecule has 1 atom stereocenters. The lowest BCUT2D eigenvalue weighted by atomic mass is 10.1. The van der Waals surface area contributed by atoms with E-state index in [1.165, 1.54) is 24.3 Å². The molecule has 0 amide bonds. The van der Waals surface area contributed by atoms with Crippen molar-refractivity contribution in [2.75, 3.05) is 19.0 Å². The Morgan fingerprint density at radius 2 is 1.90 bits per heavy atom. The van der Waals surface area contributed by atoms with Crippen LogP contribution >= 0.6 is 11.8 Å². The third-order valence-corrected chi connectivity index (χ3v) is 4.91. The van der Waals surface area contributed by atoms with Crippen molar-refractivity contribution in [2.45, 2.75) is 18.3 Å². The highest BCUT2D eigenvalue weighted by molar-refractivity contribution is 7.99. The summed E-state index contributed by atoms with van der Waals surface area (Å²) in [5.74, 6) is 1.65. The Balaban J connectivity index is 1.34. The first-order valence-electron chi connectivity index (χ1n) is 8.90. The molecule has 9 heteroatoms. The van der Waals surface area contributed by atoms with Gasteiger partial charge in [-0.2, -0.15) is 0 Å². The van der Waals surface area contributed by atoms with Crippen molar-refractivity contribution < 1.29 is 27.8 Å². The standard InChI is InChI=1S/C20H17FN2O5S/c1-12(27-15-5-3-14(21)4-6-15)19-22-23-20(28-19)29-11-16(24)13-2-7-17-18(10-13)26-9-8-25-17/h2-7,10,12H,8-9,11H2,1H3/t12-/m0/s1. The molecule has 0 saturated heterocycles. The third kappa shape index (κ3) is 4.68. The zero-order chi connectivity index (χ0) is 20.2. The van der Waals surface area contributed by atoms with Crippen LogP contribution in [0.2, 0.25) is 0 Å². The van der Waals surface area contributed by atoms with E-state index >= 15 is 0 Å². The van der Waals surface area contributed by atoms with Crippen LogP contribution in [0.1, 0.15) is 29.3 Å². The lowest BCUT2D eigenvalue weighted by Gasteiger charge is -2.18. The molecule has 7 nitrogen and oxygen atoms in total. The maximum atomic E-state index is 13.0. The molecule has 0 saturated carbocycles. The van der Waals surface area contributed by atoms with Gasteiger partial charge < -0.3 is 18.6 Å². The number of thioether (sulfide) groups is 1. The van der Waals surface area contributed by atoms with Crippen LogP contribution in [0.15, 0.2) is 52.1 Å². The number of ketones is 1. The van der Waals surface area contributed by atoms with Crippen LogP contribution < -0.4 is 14.2 Å². The van der Waals surface area contributed by atoms with Gasteiger partial charge in [-0.1, -0.05) is 11.8 Å². The molecule has 0 spiro atoms. The molecular formula is C20H17FN2O5S. The van der Waals surface area contributed by atoms with Crippen molar-refractivity contribution in [3.63, 3.8) is 0 Å². The van der Waals surface area contributed by atoms with Crippen molar-refractivity contribution in [3.8, 4) is 17.2 Å². The quantitative estimate of drug-likeness (QED) is 0.421. The minimum Gasteiger partial charge on any atom is -0.486 e. The van der Waals surface area contributed by atoms with Crippen molar-refractivity contribution in [1.29, 1.82) is 0 Å².